The molecule has 164 valence electrons. The predicted molar refractivity (Wildman–Crippen MR) is 127 cm³/mol. The van der Waals surface area contributed by atoms with Crippen LogP contribution in [0, 0.1) is 10.1 Å². The number of hydrazone groups is 1. The Balaban J connectivity index is 1.66. The third-order valence-corrected chi connectivity index (χ3v) is 5.51. The first-order chi connectivity index (χ1) is 15.3. The van der Waals surface area contributed by atoms with Crippen molar-refractivity contribution >= 4 is 56.9 Å². The van der Waals surface area contributed by atoms with E-state index >= 15 is 0 Å². The molecule has 0 aromatic heterocycles. The summed E-state index contributed by atoms with van der Waals surface area (Å²) in [6.07, 6.45) is 1.26. The zero-order valence-corrected chi connectivity index (χ0v) is 19.5. The van der Waals surface area contributed by atoms with Crippen LogP contribution in [-0.2, 0) is 17.8 Å². The molecular weight excluding hydrogens is 521 g/mol. The summed E-state index contributed by atoms with van der Waals surface area (Å²) >= 11 is 15.4. The standard InChI is InChI=1S/C22H16BrCl2N3O4/c23-17-6-8-21(32-13-14-5-7-18(24)19(25)9-14)16(10-17)12-26-27-22(29)11-15-3-1-2-4-20(15)28(30)31/h1-10,12H,11,13H2,(H,27,29)/b26-12+. The van der Waals surface area contributed by atoms with Crippen molar-refractivity contribution < 1.29 is 14.5 Å². The largest absolute Gasteiger partial charge is 0.488 e. The number of hydrogen-bond acceptors (Lipinski definition) is 5. The zero-order chi connectivity index (χ0) is 23.1. The van der Waals surface area contributed by atoms with Crippen molar-refractivity contribution in [2.75, 3.05) is 0 Å². The zero-order valence-electron chi connectivity index (χ0n) is 16.4. The molecule has 0 fully saturated rings. The lowest BCUT2D eigenvalue weighted by Crippen LogP contribution is -2.20. The molecule has 3 aromatic carbocycles. The van der Waals surface area contributed by atoms with Crippen LogP contribution in [0.5, 0.6) is 5.75 Å². The number of amides is 1. The van der Waals surface area contributed by atoms with Gasteiger partial charge < -0.3 is 4.74 Å². The van der Waals surface area contributed by atoms with Crippen molar-refractivity contribution in [3.8, 4) is 5.75 Å². The Morgan fingerprint density at radius 3 is 2.66 bits per heavy atom. The van der Waals surface area contributed by atoms with Crippen LogP contribution < -0.4 is 10.2 Å². The van der Waals surface area contributed by atoms with Crippen LogP contribution in [0.4, 0.5) is 5.69 Å². The number of ether oxygens (including phenoxy) is 1. The van der Waals surface area contributed by atoms with Gasteiger partial charge in [-0.3, -0.25) is 14.9 Å². The lowest BCUT2D eigenvalue weighted by molar-refractivity contribution is -0.385. The molecule has 7 nitrogen and oxygen atoms in total. The normalized spacial score (nSPS) is 10.8. The highest BCUT2D eigenvalue weighted by Crippen LogP contribution is 2.26. The van der Waals surface area contributed by atoms with Crippen molar-refractivity contribution in [3.05, 3.63) is 102 Å². The summed E-state index contributed by atoms with van der Waals surface area (Å²) < 4.78 is 6.67. The van der Waals surface area contributed by atoms with Crippen LogP contribution in [0.15, 0.2) is 70.2 Å². The smallest absolute Gasteiger partial charge is 0.273 e. The molecule has 1 amide bonds. The van der Waals surface area contributed by atoms with Gasteiger partial charge in [0.15, 0.2) is 0 Å². The minimum atomic E-state index is -0.523. The van der Waals surface area contributed by atoms with Gasteiger partial charge in [-0.2, -0.15) is 5.10 Å². The molecule has 0 aliphatic rings. The molecule has 0 heterocycles. The van der Waals surface area contributed by atoms with Crippen molar-refractivity contribution in [1.82, 2.24) is 5.43 Å². The molecular formula is C22H16BrCl2N3O4. The maximum absolute atomic E-state index is 12.2. The fourth-order valence-corrected chi connectivity index (χ4v) is 3.47. The summed E-state index contributed by atoms with van der Waals surface area (Å²) in [7, 11) is 0. The summed E-state index contributed by atoms with van der Waals surface area (Å²) in [5.74, 6) is 0.0554. The van der Waals surface area contributed by atoms with E-state index in [0.29, 0.717) is 26.9 Å². The van der Waals surface area contributed by atoms with E-state index in [1.807, 2.05) is 12.1 Å². The second-order valence-corrected chi connectivity index (χ2v) is 8.31. The number of para-hydroxylation sites is 1. The number of carbonyl (C=O) groups excluding carboxylic acids is 1. The number of nitro groups is 1. The quantitative estimate of drug-likeness (QED) is 0.219. The Labute approximate surface area is 202 Å². The number of nitrogens with one attached hydrogen (secondary N) is 1. The van der Waals surface area contributed by atoms with Crippen molar-refractivity contribution in [2.45, 2.75) is 13.0 Å². The van der Waals surface area contributed by atoms with Crippen molar-refractivity contribution in [2.24, 2.45) is 5.10 Å². The van der Waals surface area contributed by atoms with Crippen LogP contribution in [0.1, 0.15) is 16.7 Å². The molecule has 0 spiro atoms. The Bertz CT molecular complexity index is 1190. The highest BCUT2D eigenvalue weighted by Gasteiger charge is 2.15. The topological polar surface area (TPSA) is 93.8 Å². The summed E-state index contributed by atoms with van der Waals surface area (Å²) in [5.41, 5.74) is 4.03. The van der Waals surface area contributed by atoms with Gasteiger partial charge in [-0.05, 0) is 35.9 Å². The molecule has 3 rings (SSSR count). The summed E-state index contributed by atoms with van der Waals surface area (Å²) in [4.78, 5) is 22.7. The summed E-state index contributed by atoms with van der Waals surface area (Å²) in [6, 6.07) is 16.6. The van der Waals surface area contributed by atoms with Crippen LogP contribution in [-0.4, -0.2) is 17.0 Å². The van der Waals surface area contributed by atoms with Gasteiger partial charge in [0.2, 0.25) is 5.91 Å². The van der Waals surface area contributed by atoms with Crippen molar-refractivity contribution in [1.29, 1.82) is 0 Å². The molecule has 3 aromatic rings. The lowest BCUT2D eigenvalue weighted by Gasteiger charge is -2.10. The van der Waals surface area contributed by atoms with E-state index in [9.17, 15) is 14.9 Å². The summed E-state index contributed by atoms with van der Waals surface area (Å²) in [6.45, 7) is 0.253. The minimum absolute atomic E-state index is 0.114. The first kappa shape index (κ1) is 23.7. The molecule has 0 aliphatic heterocycles. The Kier molecular flexibility index (Phi) is 8.21. The van der Waals surface area contributed by atoms with Gasteiger partial charge >= 0.3 is 0 Å². The SMILES string of the molecule is O=C(Cc1ccccc1[N+](=O)[O-])N/N=C/c1cc(Br)ccc1OCc1ccc(Cl)c(Cl)c1. The number of carbonyl (C=O) groups is 1. The minimum Gasteiger partial charge on any atom is -0.488 e. The van der Waals surface area contributed by atoms with E-state index in [1.54, 1.807) is 36.4 Å². The predicted octanol–water partition coefficient (Wildman–Crippen LogP) is 5.94. The molecule has 32 heavy (non-hydrogen) atoms. The van der Waals surface area contributed by atoms with Gasteiger partial charge in [-0.15, -0.1) is 0 Å². The Morgan fingerprint density at radius 2 is 1.91 bits per heavy atom. The lowest BCUT2D eigenvalue weighted by atomic mass is 10.1. The number of nitro benzene ring substituents is 1. The van der Waals surface area contributed by atoms with E-state index in [2.05, 4.69) is 26.5 Å². The van der Waals surface area contributed by atoms with Crippen LogP contribution in [0.2, 0.25) is 10.0 Å². The first-order valence-corrected chi connectivity index (χ1v) is 10.8. The number of benzene rings is 3. The van der Waals surface area contributed by atoms with Gasteiger partial charge in [-0.1, -0.05) is 63.4 Å². The Morgan fingerprint density at radius 1 is 1.12 bits per heavy atom. The van der Waals surface area contributed by atoms with E-state index < -0.39 is 10.8 Å². The third kappa shape index (κ3) is 6.53. The molecule has 1 N–H and O–H groups in total. The maximum atomic E-state index is 12.2. The van der Waals surface area contributed by atoms with E-state index in [0.717, 1.165) is 10.0 Å². The van der Waals surface area contributed by atoms with Gasteiger partial charge in [0.1, 0.15) is 12.4 Å². The summed E-state index contributed by atoms with van der Waals surface area (Å²) in [5, 5.41) is 15.9. The van der Waals surface area contributed by atoms with Gasteiger partial charge in [-0.25, -0.2) is 5.43 Å². The van der Waals surface area contributed by atoms with E-state index in [4.69, 9.17) is 27.9 Å². The molecule has 0 saturated carbocycles. The Hall–Kier alpha value is -2.94. The number of rotatable bonds is 8. The fraction of sp³-hybridized carbons (Fsp3) is 0.0909. The van der Waals surface area contributed by atoms with Crippen molar-refractivity contribution in [3.63, 3.8) is 0 Å². The third-order valence-electron chi connectivity index (χ3n) is 4.28. The first-order valence-electron chi connectivity index (χ1n) is 9.24. The second-order valence-electron chi connectivity index (χ2n) is 6.58. The van der Waals surface area contributed by atoms with Gasteiger partial charge in [0.05, 0.1) is 27.6 Å². The molecule has 0 saturated heterocycles. The van der Waals surface area contributed by atoms with Crippen LogP contribution in [0.3, 0.4) is 0 Å². The van der Waals surface area contributed by atoms with Crippen LogP contribution >= 0.6 is 39.1 Å². The van der Waals surface area contributed by atoms with E-state index in [1.165, 1.54) is 18.3 Å². The van der Waals surface area contributed by atoms with E-state index in [-0.39, 0.29) is 18.7 Å². The second kappa shape index (κ2) is 11.1. The van der Waals surface area contributed by atoms with Crippen LogP contribution in [0.25, 0.3) is 0 Å². The molecule has 0 aliphatic carbocycles. The monoisotopic (exact) mass is 535 g/mol. The maximum Gasteiger partial charge on any atom is 0.273 e. The number of hydrogen-bond donors (Lipinski definition) is 1. The molecule has 0 unspecified atom stereocenters. The molecule has 10 heteroatoms. The van der Waals surface area contributed by atoms with Gasteiger partial charge in [0.25, 0.3) is 5.69 Å². The number of halogens is 3. The average Bonchev–Trinajstić information content (AvgIpc) is 2.75. The molecule has 0 atom stereocenters. The highest BCUT2D eigenvalue weighted by atomic mass is 79.9. The molecule has 0 bridgehead atoms. The average molecular weight is 537 g/mol. The molecule has 0 radical (unpaired) electrons. The number of nitrogens with zero attached hydrogens (tertiary/aromatic N) is 2. The highest BCUT2D eigenvalue weighted by molar-refractivity contribution is 9.10. The van der Waals surface area contributed by atoms with Gasteiger partial charge in [0, 0.05) is 21.7 Å². The fourth-order valence-electron chi connectivity index (χ4n) is 2.77.